The number of benzene rings is 1. The molecule has 0 saturated carbocycles. The van der Waals surface area contributed by atoms with Gasteiger partial charge in [-0.05, 0) is 24.1 Å². The van der Waals surface area contributed by atoms with Gasteiger partial charge in [-0.25, -0.2) is 12.8 Å². The summed E-state index contributed by atoms with van der Waals surface area (Å²) in [5.74, 6) is -0.994. The van der Waals surface area contributed by atoms with Gasteiger partial charge in [-0.1, -0.05) is 20.3 Å². The summed E-state index contributed by atoms with van der Waals surface area (Å²) in [5.41, 5.74) is -0.245. The van der Waals surface area contributed by atoms with E-state index in [2.05, 4.69) is 0 Å². The van der Waals surface area contributed by atoms with Crippen molar-refractivity contribution in [1.82, 2.24) is 4.90 Å². The summed E-state index contributed by atoms with van der Waals surface area (Å²) >= 11 is 0. The molecule has 1 rings (SSSR count). The van der Waals surface area contributed by atoms with Gasteiger partial charge in [0.25, 0.3) is 15.0 Å². The van der Waals surface area contributed by atoms with Crippen LogP contribution in [-0.4, -0.2) is 32.8 Å². The van der Waals surface area contributed by atoms with Gasteiger partial charge in [0, 0.05) is 24.3 Å². The van der Waals surface area contributed by atoms with Gasteiger partial charge in [0.15, 0.2) is 0 Å². The highest BCUT2D eigenvalue weighted by Gasteiger charge is 2.24. The van der Waals surface area contributed by atoms with Crippen molar-refractivity contribution in [2.24, 2.45) is 5.92 Å². The van der Waals surface area contributed by atoms with Gasteiger partial charge in [0.2, 0.25) is 0 Å². The molecular formula is C13H17ClFNO3S. The maximum Gasteiger partial charge on any atom is 0.262 e. The molecule has 1 amide bonds. The molecule has 0 aromatic heterocycles. The highest BCUT2D eigenvalue weighted by atomic mass is 35.7. The first-order valence-corrected chi connectivity index (χ1v) is 8.47. The van der Waals surface area contributed by atoms with E-state index < -0.39 is 20.8 Å². The fourth-order valence-electron chi connectivity index (χ4n) is 1.77. The minimum atomic E-state index is -4.10. The number of rotatable bonds is 5. The highest BCUT2D eigenvalue weighted by molar-refractivity contribution is 8.13. The summed E-state index contributed by atoms with van der Waals surface area (Å²) in [5, 5.41) is 0. The van der Waals surface area contributed by atoms with Crippen LogP contribution in [0, 0.1) is 11.7 Å². The summed E-state index contributed by atoms with van der Waals surface area (Å²) in [4.78, 5) is 13.2. The van der Waals surface area contributed by atoms with E-state index in [4.69, 9.17) is 10.7 Å². The Morgan fingerprint density at radius 2 is 2.05 bits per heavy atom. The fourth-order valence-corrected chi connectivity index (χ4v) is 2.81. The predicted octanol–water partition coefficient (Wildman–Crippen LogP) is 2.87. The third-order valence-electron chi connectivity index (χ3n) is 3.06. The molecule has 0 aliphatic rings. The lowest BCUT2D eigenvalue weighted by Gasteiger charge is -2.21. The molecule has 7 heteroatoms. The van der Waals surface area contributed by atoms with E-state index in [1.165, 1.54) is 4.90 Å². The van der Waals surface area contributed by atoms with Gasteiger partial charge in [-0.15, -0.1) is 0 Å². The number of amides is 1. The molecule has 0 radical (unpaired) electrons. The first-order chi connectivity index (χ1) is 9.16. The van der Waals surface area contributed by atoms with Gasteiger partial charge in [0.1, 0.15) is 5.82 Å². The second-order valence-electron chi connectivity index (χ2n) is 4.78. The number of nitrogens with zero attached hydrogens (tertiary/aromatic N) is 1. The monoisotopic (exact) mass is 321 g/mol. The Morgan fingerprint density at radius 3 is 2.55 bits per heavy atom. The van der Waals surface area contributed by atoms with E-state index in [0.29, 0.717) is 6.54 Å². The fraction of sp³-hybridized carbons (Fsp3) is 0.462. The number of carbonyl (C=O) groups excluding carboxylic acids is 1. The average molecular weight is 322 g/mol. The van der Waals surface area contributed by atoms with Gasteiger partial charge >= 0.3 is 0 Å². The minimum absolute atomic E-state index is 0.245. The molecule has 1 aromatic carbocycles. The maximum absolute atomic E-state index is 13.3. The smallest absolute Gasteiger partial charge is 0.262 e. The van der Waals surface area contributed by atoms with E-state index in [1.54, 1.807) is 7.05 Å². The number of carbonyl (C=O) groups is 1. The van der Waals surface area contributed by atoms with Crippen LogP contribution in [0.15, 0.2) is 23.1 Å². The number of hydrogen-bond acceptors (Lipinski definition) is 3. The van der Waals surface area contributed by atoms with Crippen molar-refractivity contribution < 1.29 is 17.6 Å². The molecule has 0 bridgehead atoms. The van der Waals surface area contributed by atoms with Crippen LogP contribution < -0.4 is 0 Å². The van der Waals surface area contributed by atoms with E-state index in [1.807, 2.05) is 13.8 Å². The molecule has 1 unspecified atom stereocenters. The van der Waals surface area contributed by atoms with Gasteiger partial charge in [0.05, 0.1) is 10.5 Å². The Labute approximate surface area is 123 Å². The second-order valence-corrected chi connectivity index (χ2v) is 7.31. The van der Waals surface area contributed by atoms with Gasteiger partial charge < -0.3 is 4.90 Å². The van der Waals surface area contributed by atoms with Crippen molar-refractivity contribution in [1.29, 1.82) is 0 Å². The lowest BCUT2D eigenvalue weighted by molar-refractivity contribution is 0.0770. The first-order valence-electron chi connectivity index (χ1n) is 6.16. The molecule has 0 spiro atoms. The zero-order chi connectivity index (χ0) is 15.5. The molecule has 112 valence electrons. The van der Waals surface area contributed by atoms with Crippen LogP contribution in [0.4, 0.5) is 4.39 Å². The SMILES string of the molecule is CCC(C)CN(C)C(=O)c1cc(F)ccc1S(=O)(=O)Cl. The Morgan fingerprint density at radius 1 is 1.45 bits per heavy atom. The third kappa shape index (κ3) is 4.18. The molecule has 0 aliphatic heterocycles. The van der Waals surface area contributed by atoms with Crippen molar-refractivity contribution >= 4 is 25.6 Å². The summed E-state index contributed by atoms with van der Waals surface area (Å²) in [6.45, 7) is 4.40. The molecule has 0 fully saturated rings. The standard InChI is InChI=1S/C13H17ClFNO3S/c1-4-9(2)8-16(3)13(17)11-7-10(15)5-6-12(11)20(14,18)19/h5-7,9H,4,8H2,1-3H3. The van der Waals surface area contributed by atoms with Gasteiger partial charge in [-0.3, -0.25) is 4.79 Å². The van der Waals surface area contributed by atoms with Crippen LogP contribution in [0.25, 0.3) is 0 Å². The topological polar surface area (TPSA) is 54.5 Å². The summed E-state index contributed by atoms with van der Waals surface area (Å²) in [6.07, 6.45) is 0.876. The Hall–Kier alpha value is -1.14. The van der Waals surface area contributed by atoms with Crippen molar-refractivity contribution in [3.05, 3.63) is 29.6 Å². The molecule has 4 nitrogen and oxygen atoms in total. The Balaban J connectivity index is 3.18. The van der Waals surface area contributed by atoms with E-state index >= 15 is 0 Å². The Kier molecular flexibility index (Phi) is 5.53. The molecule has 0 aliphatic carbocycles. The van der Waals surface area contributed by atoms with Crippen molar-refractivity contribution in [3.63, 3.8) is 0 Å². The molecular weight excluding hydrogens is 305 g/mol. The zero-order valence-electron chi connectivity index (χ0n) is 11.6. The van der Waals surface area contributed by atoms with Crippen molar-refractivity contribution in [2.75, 3.05) is 13.6 Å². The molecule has 1 atom stereocenters. The van der Waals surface area contributed by atoms with Crippen LogP contribution in [0.2, 0.25) is 0 Å². The molecule has 20 heavy (non-hydrogen) atoms. The van der Waals surface area contributed by atoms with E-state index in [-0.39, 0.29) is 16.4 Å². The molecule has 0 saturated heterocycles. The normalized spacial score (nSPS) is 13.1. The molecule has 0 heterocycles. The van der Waals surface area contributed by atoms with Crippen molar-refractivity contribution in [3.8, 4) is 0 Å². The maximum atomic E-state index is 13.3. The Bertz CT molecular complexity index is 604. The highest BCUT2D eigenvalue weighted by Crippen LogP contribution is 2.22. The van der Waals surface area contributed by atoms with Crippen LogP contribution in [0.1, 0.15) is 30.6 Å². The lowest BCUT2D eigenvalue weighted by atomic mass is 10.1. The second kappa shape index (κ2) is 6.54. The summed E-state index contributed by atoms with van der Waals surface area (Å²) in [6, 6.07) is 2.85. The first kappa shape index (κ1) is 16.9. The molecule has 0 N–H and O–H groups in total. The van der Waals surface area contributed by atoms with Crippen LogP contribution >= 0.6 is 10.7 Å². The van der Waals surface area contributed by atoms with Crippen LogP contribution in [-0.2, 0) is 9.05 Å². The van der Waals surface area contributed by atoms with Gasteiger partial charge in [-0.2, -0.15) is 0 Å². The predicted molar refractivity (Wildman–Crippen MR) is 75.9 cm³/mol. The number of hydrogen-bond donors (Lipinski definition) is 0. The van der Waals surface area contributed by atoms with E-state index in [0.717, 1.165) is 24.6 Å². The minimum Gasteiger partial charge on any atom is -0.341 e. The zero-order valence-corrected chi connectivity index (χ0v) is 13.1. The summed E-state index contributed by atoms with van der Waals surface area (Å²) < 4.78 is 36.2. The van der Waals surface area contributed by atoms with Crippen LogP contribution in [0.5, 0.6) is 0 Å². The third-order valence-corrected chi connectivity index (χ3v) is 4.44. The largest absolute Gasteiger partial charge is 0.341 e. The quantitative estimate of drug-likeness (QED) is 0.784. The average Bonchev–Trinajstić information content (AvgIpc) is 2.35. The summed E-state index contributed by atoms with van der Waals surface area (Å²) in [7, 11) is 2.72. The van der Waals surface area contributed by atoms with E-state index in [9.17, 15) is 17.6 Å². The van der Waals surface area contributed by atoms with Crippen molar-refractivity contribution in [2.45, 2.75) is 25.2 Å². The molecule has 1 aromatic rings. The number of halogens is 2. The lowest BCUT2D eigenvalue weighted by Crippen LogP contribution is -2.31. The van der Waals surface area contributed by atoms with Crippen LogP contribution in [0.3, 0.4) is 0 Å².